The number of hydrogen-bond donors (Lipinski definition) is 6. The monoisotopic (exact) mass is 279 g/mol. The molecule has 1 heterocycles. The summed E-state index contributed by atoms with van der Waals surface area (Å²) in [6.45, 7) is 1.81. The zero-order valence-corrected chi connectivity index (χ0v) is 10.9. The first-order valence-corrected chi connectivity index (χ1v) is 6.00. The minimum absolute atomic E-state index is 0.156. The van der Waals surface area contributed by atoms with Crippen LogP contribution in [0.3, 0.4) is 0 Å². The molecule has 0 aliphatic carbocycles. The Kier molecular flexibility index (Phi) is 5.25. The Bertz CT molecular complexity index is 322. The molecule has 6 atom stereocenters. The van der Waals surface area contributed by atoms with Crippen molar-refractivity contribution in [3.8, 4) is 0 Å². The third-order valence-electron chi connectivity index (χ3n) is 3.03. The summed E-state index contributed by atoms with van der Waals surface area (Å²) < 4.78 is 5.20. The molecule has 0 aromatic carbocycles. The summed E-state index contributed by atoms with van der Waals surface area (Å²) >= 11 is 0. The zero-order chi connectivity index (χ0) is 14.8. The number of carbonyl (C=O) groups excluding carboxylic acids is 1. The number of carbonyl (C=O) groups is 1. The number of ether oxygens (including phenoxy) is 1. The molecule has 0 saturated carbocycles. The van der Waals surface area contributed by atoms with Crippen LogP contribution in [-0.4, -0.2) is 74.3 Å². The highest BCUT2D eigenvalue weighted by Crippen LogP contribution is 2.29. The summed E-state index contributed by atoms with van der Waals surface area (Å²) in [6, 6.07) is -0.992. The van der Waals surface area contributed by atoms with Crippen LogP contribution in [0.2, 0.25) is 0 Å². The van der Waals surface area contributed by atoms with Crippen molar-refractivity contribution in [3.63, 3.8) is 0 Å². The average Bonchev–Trinajstić information content (AvgIpc) is 2.29. The molecule has 1 aliphatic rings. The van der Waals surface area contributed by atoms with E-state index in [1.54, 1.807) is 0 Å². The van der Waals surface area contributed by atoms with Gasteiger partial charge in [-0.2, -0.15) is 0 Å². The Morgan fingerprint density at radius 2 is 2.11 bits per heavy atom. The molecule has 1 saturated heterocycles. The second-order valence-corrected chi connectivity index (χ2v) is 5.00. The minimum Gasteiger partial charge on any atom is -0.394 e. The molecule has 1 amide bonds. The van der Waals surface area contributed by atoms with Gasteiger partial charge in [-0.3, -0.25) is 4.79 Å². The lowest BCUT2D eigenvalue weighted by Gasteiger charge is -2.45. The van der Waals surface area contributed by atoms with E-state index >= 15 is 0 Å². The van der Waals surface area contributed by atoms with Gasteiger partial charge in [-0.15, -0.1) is 0 Å². The van der Waals surface area contributed by atoms with Gasteiger partial charge in [0.1, 0.15) is 18.3 Å². The van der Waals surface area contributed by atoms with E-state index in [9.17, 15) is 25.2 Å². The number of rotatable bonds is 4. The quantitative estimate of drug-likeness (QED) is 0.323. The minimum atomic E-state index is -1.70. The molecular formula is C11H21NO7. The van der Waals surface area contributed by atoms with Gasteiger partial charge >= 0.3 is 0 Å². The van der Waals surface area contributed by atoms with E-state index < -0.39 is 48.8 Å². The molecule has 0 spiro atoms. The number of nitrogens with one attached hydrogen (secondary N) is 1. The standard InChI is InChI=1S/C11H21NO7/c1-5(14)12-8-6(15)3-11(2,18)19-10(8)9(17)7(16)4-13/h6-10,13,15-18H,3-4H2,1-2H3,(H,12,14)/t6-,7+,8+,9+,10?,11+/m0/s1. The fourth-order valence-electron chi connectivity index (χ4n) is 2.17. The van der Waals surface area contributed by atoms with E-state index in [4.69, 9.17) is 9.84 Å². The second-order valence-electron chi connectivity index (χ2n) is 5.00. The van der Waals surface area contributed by atoms with Crippen LogP contribution in [0.4, 0.5) is 0 Å². The lowest BCUT2D eigenvalue weighted by molar-refractivity contribution is -0.292. The largest absolute Gasteiger partial charge is 0.394 e. The number of amides is 1. The van der Waals surface area contributed by atoms with Crippen molar-refractivity contribution >= 4 is 5.91 Å². The Morgan fingerprint density at radius 3 is 2.58 bits per heavy atom. The number of aliphatic hydroxyl groups is 5. The van der Waals surface area contributed by atoms with E-state index in [1.165, 1.54) is 13.8 Å². The van der Waals surface area contributed by atoms with E-state index in [2.05, 4.69) is 5.32 Å². The van der Waals surface area contributed by atoms with E-state index in [-0.39, 0.29) is 6.42 Å². The van der Waals surface area contributed by atoms with E-state index in [0.717, 1.165) is 0 Å². The molecule has 0 aromatic heterocycles. The molecule has 0 bridgehead atoms. The molecule has 1 unspecified atom stereocenters. The van der Waals surface area contributed by atoms with Crippen LogP contribution in [0, 0.1) is 0 Å². The maximum absolute atomic E-state index is 11.1. The molecule has 0 aromatic rings. The summed E-state index contributed by atoms with van der Waals surface area (Å²) in [5.41, 5.74) is 0. The normalized spacial score (nSPS) is 38.6. The Hall–Kier alpha value is -0.770. The van der Waals surface area contributed by atoms with Gasteiger partial charge in [-0.1, -0.05) is 0 Å². The molecule has 1 aliphatic heterocycles. The Balaban J connectivity index is 2.93. The lowest BCUT2D eigenvalue weighted by atomic mass is 9.89. The highest BCUT2D eigenvalue weighted by molar-refractivity contribution is 5.73. The van der Waals surface area contributed by atoms with Gasteiger partial charge in [-0.25, -0.2) is 0 Å². The van der Waals surface area contributed by atoms with Gasteiger partial charge in [0.15, 0.2) is 5.79 Å². The predicted molar refractivity (Wildman–Crippen MR) is 62.8 cm³/mol. The van der Waals surface area contributed by atoms with Crippen LogP contribution < -0.4 is 5.32 Å². The number of hydrogen-bond acceptors (Lipinski definition) is 7. The maximum Gasteiger partial charge on any atom is 0.217 e. The third kappa shape index (κ3) is 4.10. The van der Waals surface area contributed by atoms with Gasteiger partial charge in [0.2, 0.25) is 5.91 Å². The van der Waals surface area contributed by atoms with Crippen molar-refractivity contribution in [2.24, 2.45) is 0 Å². The average molecular weight is 279 g/mol. The van der Waals surface area contributed by atoms with Gasteiger partial charge in [0.05, 0.1) is 18.8 Å². The Labute approximate surface area is 110 Å². The summed E-state index contributed by atoms with van der Waals surface area (Å²) in [7, 11) is 0. The van der Waals surface area contributed by atoms with Crippen LogP contribution >= 0.6 is 0 Å². The summed E-state index contributed by atoms with van der Waals surface area (Å²) in [4.78, 5) is 11.1. The zero-order valence-electron chi connectivity index (χ0n) is 10.9. The van der Waals surface area contributed by atoms with Crippen molar-refractivity contribution in [1.82, 2.24) is 5.32 Å². The fourth-order valence-corrected chi connectivity index (χ4v) is 2.17. The van der Waals surface area contributed by atoms with Crippen molar-refractivity contribution in [1.29, 1.82) is 0 Å². The van der Waals surface area contributed by atoms with Gasteiger partial charge < -0.3 is 35.6 Å². The molecular weight excluding hydrogens is 258 g/mol. The summed E-state index contributed by atoms with van der Waals surface area (Å²) in [5, 5.41) is 50.3. The molecule has 19 heavy (non-hydrogen) atoms. The van der Waals surface area contributed by atoms with Crippen LogP contribution in [0.1, 0.15) is 20.3 Å². The predicted octanol–water partition coefficient (Wildman–Crippen LogP) is -2.94. The molecule has 112 valence electrons. The van der Waals surface area contributed by atoms with Crippen molar-refractivity contribution in [2.45, 2.75) is 56.5 Å². The first-order valence-electron chi connectivity index (χ1n) is 6.00. The highest BCUT2D eigenvalue weighted by atomic mass is 16.6. The fraction of sp³-hybridized carbons (Fsp3) is 0.909. The van der Waals surface area contributed by atoms with Crippen LogP contribution in [0.15, 0.2) is 0 Å². The first kappa shape index (κ1) is 16.3. The smallest absolute Gasteiger partial charge is 0.217 e. The first-order chi connectivity index (χ1) is 8.68. The molecule has 6 N–H and O–H groups in total. The SMILES string of the molecule is CC(=O)N[C@H]1C([C@H](O)[C@H](O)CO)O[C@@](C)(O)C[C@@H]1O. The van der Waals surface area contributed by atoms with Gasteiger partial charge in [0.25, 0.3) is 0 Å². The Morgan fingerprint density at radius 1 is 1.53 bits per heavy atom. The number of aliphatic hydroxyl groups excluding tert-OH is 4. The second kappa shape index (κ2) is 6.12. The molecule has 0 radical (unpaired) electrons. The van der Waals surface area contributed by atoms with Crippen molar-refractivity contribution in [3.05, 3.63) is 0 Å². The highest BCUT2D eigenvalue weighted by Gasteiger charge is 2.47. The van der Waals surface area contributed by atoms with Crippen LogP contribution in [-0.2, 0) is 9.53 Å². The van der Waals surface area contributed by atoms with Crippen molar-refractivity contribution in [2.75, 3.05) is 6.61 Å². The topological polar surface area (TPSA) is 139 Å². The van der Waals surface area contributed by atoms with Crippen LogP contribution in [0.5, 0.6) is 0 Å². The molecule has 1 fully saturated rings. The van der Waals surface area contributed by atoms with Crippen LogP contribution in [0.25, 0.3) is 0 Å². The maximum atomic E-state index is 11.1. The van der Waals surface area contributed by atoms with Gasteiger partial charge in [0, 0.05) is 13.3 Å². The molecule has 1 rings (SSSR count). The van der Waals surface area contributed by atoms with E-state index in [0.29, 0.717) is 0 Å². The molecule has 8 heteroatoms. The van der Waals surface area contributed by atoms with Crippen molar-refractivity contribution < 1.29 is 35.1 Å². The lowest BCUT2D eigenvalue weighted by Crippen LogP contribution is -2.65. The summed E-state index contributed by atoms with van der Waals surface area (Å²) in [5.74, 6) is -2.15. The van der Waals surface area contributed by atoms with Gasteiger partial charge in [-0.05, 0) is 6.92 Å². The van der Waals surface area contributed by atoms with E-state index in [1.807, 2.05) is 0 Å². The molecule has 8 nitrogen and oxygen atoms in total. The third-order valence-corrected chi connectivity index (χ3v) is 3.03. The summed E-state index contributed by atoms with van der Waals surface area (Å²) in [6.07, 6.45) is -5.63.